The van der Waals surface area contributed by atoms with Crippen molar-refractivity contribution in [3.63, 3.8) is 0 Å². The second-order valence-corrected chi connectivity index (χ2v) is 4.23. The van der Waals surface area contributed by atoms with Crippen LogP contribution in [0.5, 0.6) is 0 Å². The first kappa shape index (κ1) is 16.2. The summed E-state index contributed by atoms with van der Waals surface area (Å²) in [5, 5.41) is 10.5. The zero-order valence-corrected chi connectivity index (χ0v) is 10.8. The molecule has 2 radical (unpaired) electrons. The molecule has 0 fully saturated rings. The van der Waals surface area contributed by atoms with E-state index in [9.17, 15) is 14.9 Å². The summed E-state index contributed by atoms with van der Waals surface area (Å²) in [7, 11) is 4.74. The Morgan fingerprint density at radius 1 is 1.39 bits per heavy atom. The van der Waals surface area contributed by atoms with E-state index in [1.807, 2.05) is 0 Å². The molecule has 6 heteroatoms. The summed E-state index contributed by atoms with van der Waals surface area (Å²) in [4.78, 5) is 20.2. The molecule has 1 aromatic rings. The molecule has 0 atom stereocenters. The molecular formula is C12H16BNO4. The van der Waals surface area contributed by atoms with Gasteiger partial charge in [0.25, 0.3) is 5.69 Å². The van der Waals surface area contributed by atoms with E-state index in [1.54, 1.807) is 6.07 Å². The van der Waals surface area contributed by atoms with Gasteiger partial charge in [-0.2, -0.15) is 0 Å². The molecule has 0 spiro atoms. The van der Waals surface area contributed by atoms with E-state index in [0.717, 1.165) is 5.92 Å². The van der Waals surface area contributed by atoms with Crippen molar-refractivity contribution in [1.29, 1.82) is 0 Å². The number of nitro groups is 1. The van der Waals surface area contributed by atoms with Crippen LogP contribution in [0.15, 0.2) is 24.3 Å². The van der Waals surface area contributed by atoms with Crippen LogP contribution in [-0.2, 0) is 11.3 Å². The largest absolute Gasteiger partial charge is 0.470 e. The van der Waals surface area contributed by atoms with Gasteiger partial charge in [0.1, 0.15) is 6.61 Å². The number of para-hydroxylation sites is 1. The molecule has 96 valence electrons. The average Bonchev–Trinajstić information content (AvgIpc) is 2.25. The fourth-order valence-electron chi connectivity index (χ4n) is 0.960. The van der Waals surface area contributed by atoms with E-state index in [1.165, 1.54) is 18.2 Å². The molecule has 0 amide bonds. The van der Waals surface area contributed by atoms with Crippen molar-refractivity contribution in [2.45, 2.75) is 27.4 Å². The standard InChI is InChI=1S/C8H6BNO4.C4H10/c9-8(11)14-5-6-3-1-2-4-7(6)10(12)13;1-4(2)3/h1-4H,5H2;4H,1-3H3. The molecule has 1 rings (SSSR count). The molecule has 0 aliphatic carbocycles. The third-order valence-electron chi connectivity index (χ3n) is 1.56. The monoisotopic (exact) mass is 249 g/mol. The Morgan fingerprint density at radius 2 is 1.89 bits per heavy atom. The maximum Gasteiger partial charge on any atom is 0.276 e. The Morgan fingerprint density at radius 3 is 2.33 bits per heavy atom. The number of hydrogen-bond acceptors (Lipinski definition) is 4. The predicted octanol–water partition coefficient (Wildman–Crippen LogP) is 3.06. The van der Waals surface area contributed by atoms with Crippen LogP contribution < -0.4 is 0 Å². The number of nitro benzene ring substituents is 1. The smallest absolute Gasteiger partial charge is 0.276 e. The number of rotatable bonds is 3. The van der Waals surface area contributed by atoms with Gasteiger partial charge in [0.2, 0.25) is 13.7 Å². The van der Waals surface area contributed by atoms with Gasteiger partial charge in [0.05, 0.1) is 10.5 Å². The molecule has 5 nitrogen and oxygen atoms in total. The Labute approximate surface area is 108 Å². The third-order valence-corrected chi connectivity index (χ3v) is 1.56. The highest BCUT2D eigenvalue weighted by molar-refractivity contribution is 6.55. The fraction of sp³-hybridized carbons (Fsp3) is 0.417. The number of ether oxygens (including phenoxy) is 1. The molecule has 0 aliphatic heterocycles. The number of nitrogens with zero attached hydrogens (tertiary/aromatic N) is 1. The van der Waals surface area contributed by atoms with Gasteiger partial charge < -0.3 is 4.74 Å². The van der Waals surface area contributed by atoms with Crippen molar-refractivity contribution in [2.24, 2.45) is 5.92 Å². The molecular weight excluding hydrogens is 233 g/mol. The molecule has 0 unspecified atom stereocenters. The summed E-state index contributed by atoms with van der Waals surface area (Å²) < 4.78 is 4.45. The molecule has 0 aromatic heterocycles. The quantitative estimate of drug-likeness (QED) is 0.469. The Hall–Kier alpha value is -1.85. The summed E-state index contributed by atoms with van der Waals surface area (Å²) in [6.07, 6.45) is 0. The van der Waals surface area contributed by atoms with Crippen LogP contribution in [0.2, 0.25) is 0 Å². The molecule has 1 aromatic carbocycles. The average molecular weight is 249 g/mol. The lowest BCUT2D eigenvalue weighted by atomic mass is 10.1. The highest BCUT2D eigenvalue weighted by Crippen LogP contribution is 2.18. The first-order valence-electron chi connectivity index (χ1n) is 5.49. The lowest BCUT2D eigenvalue weighted by molar-refractivity contribution is -0.385. The van der Waals surface area contributed by atoms with Crippen LogP contribution in [0.1, 0.15) is 26.3 Å². The third kappa shape index (κ3) is 7.43. The lowest BCUT2D eigenvalue weighted by Crippen LogP contribution is -2.03. The summed E-state index contributed by atoms with van der Waals surface area (Å²) in [5.74, 6) is -0.122. The summed E-state index contributed by atoms with van der Waals surface area (Å²) >= 11 is 0. The predicted molar refractivity (Wildman–Crippen MR) is 69.5 cm³/mol. The Kier molecular flexibility index (Phi) is 7.43. The minimum atomic E-state index is -0.955. The summed E-state index contributed by atoms with van der Waals surface area (Å²) in [6, 6.07) is 5.99. The lowest BCUT2D eigenvalue weighted by Gasteiger charge is -2.02. The van der Waals surface area contributed by atoms with E-state index in [4.69, 9.17) is 7.85 Å². The van der Waals surface area contributed by atoms with Crippen molar-refractivity contribution in [3.8, 4) is 0 Å². The van der Waals surface area contributed by atoms with Gasteiger partial charge in [-0.25, -0.2) is 0 Å². The van der Waals surface area contributed by atoms with Crippen LogP contribution in [0.3, 0.4) is 0 Å². The van der Waals surface area contributed by atoms with Gasteiger partial charge >= 0.3 is 0 Å². The SMILES string of the molecule is CC(C)C.[B]C(=O)OCc1ccccc1[N+](=O)[O-]. The van der Waals surface area contributed by atoms with Crippen molar-refractivity contribution in [1.82, 2.24) is 0 Å². The maximum absolute atomic E-state index is 10.5. The van der Waals surface area contributed by atoms with Crippen molar-refractivity contribution < 1.29 is 14.5 Å². The van der Waals surface area contributed by atoms with Crippen molar-refractivity contribution >= 4 is 19.4 Å². The minimum absolute atomic E-state index is 0.0891. The summed E-state index contributed by atoms with van der Waals surface area (Å²) in [6.45, 7) is 6.31. The van der Waals surface area contributed by atoms with Gasteiger partial charge in [-0.3, -0.25) is 14.9 Å². The first-order chi connectivity index (χ1) is 8.34. The van der Waals surface area contributed by atoms with Crippen LogP contribution in [0, 0.1) is 16.0 Å². The van der Waals surface area contributed by atoms with E-state index in [-0.39, 0.29) is 12.3 Å². The van der Waals surface area contributed by atoms with Crippen LogP contribution in [0.25, 0.3) is 0 Å². The van der Waals surface area contributed by atoms with E-state index in [0.29, 0.717) is 5.56 Å². The zero-order valence-electron chi connectivity index (χ0n) is 10.8. The van der Waals surface area contributed by atoms with Gasteiger partial charge in [-0.05, 0) is 12.0 Å². The molecule has 0 saturated heterocycles. The number of hydrogen-bond donors (Lipinski definition) is 0. The van der Waals surface area contributed by atoms with Crippen LogP contribution in [-0.4, -0.2) is 18.6 Å². The van der Waals surface area contributed by atoms with Gasteiger partial charge in [-0.15, -0.1) is 0 Å². The number of carbonyl (C=O) groups excluding carboxylic acids is 1. The van der Waals surface area contributed by atoms with E-state index < -0.39 is 10.8 Å². The van der Waals surface area contributed by atoms with Crippen LogP contribution in [0.4, 0.5) is 10.5 Å². The molecule has 0 heterocycles. The zero-order chi connectivity index (χ0) is 14.1. The second-order valence-electron chi connectivity index (χ2n) is 4.23. The second kappa shape index (κ2) is 8.28. The fourth-order valence-corrected chi connectivity index (χ4v) is 0.960. The Bertz CT molecular complexity index is 404. The normalized spacial score (nSPS) is 9.33. The van der Waals surface area contributed by atoms with Crippen molar-refractivity contribution in [3.05, 3.63) is 39.9 Å². The van der Waals surface area contributed by atoms with Crippen molar-refractivity contribution in [2.75, 3.05) is 0 Å². The number of carbonyl (C=O) groups is 1. The van der Waals surface area contributed by atoms with Gasteiger partial charge in [0.15, 0.2) is 0 Å². The van der Waals surface area contributed by atoms with Crippen LogP contribution >= 0.6 is 0 Å². The number of benzene rings is 1. The van der Waals surface area contributed by atoms with E-state index >= 15 is 0 Å². The van der Waals surface area contributed by atoms with E-state index in [2.05, 4.69) is 25.5 Å². The molecule has 0 N–H and O–H groups in total. The minimum Gasteiger partial charge on any atom is -0.470 e. The first-order valence-corrected chi connectivity index (χ1v) is 5.49. The highest BCUT2D eigenvalue weighted by atomic mass is 16.6. The topological polar surface area (TPSA) is 69.4 Å². The van der Waals surface area contributed by atoms with Gasteiger partial charge in [0, 0.05) is 6.07 Å². The Balaban J connectivity index is 0.000000631. The maximum atomic E-state index is 10.5. The molecule has 0 aliphatic rings. The molecule has 0 bridgehead atoms. The molecule has 18 heavy (non-hydrogen) atoms. The molecule has 0 saturated carbocycles. The highest BCUT2D eigenvalue weighted by Gasteiger charge is 2.12. The van der Waals surface area contributed by atoms with Gasteiger partial charge in [-0.1, -0.05) is 32.9 Å². The summed E-state index contributed by atoms with van der Waals surface area (Å²) in [5.41, 5.74) is 0.227.